The van der Waals surface area contributed by atoms with Crippen molar-refractivity contribution in [2.24, 2.45) is 0 Å². The molecule has 3 rings (SSSR count). The van der Waals surface area contributed by atoms with Gasteiger partial charge in [-0.2, -0.15) is 0 Å². The first-order chi connectivity index (χ1) is 9.26. The first-order valence-electron chi connectivity index (χ1n) is 7.47. The van der Waals surface area contributed by atoms with Crippen molar-refractivity contribution in [3.63, 3.8) is 0 Å². The minimum atomic E-state index is 0.492. The zero-order valence-electron chi connectivity index (χ0n) is 12.0. The third-order valence-electron chi connectivity index (χ3n) is 4.75. The Bertz CT molecular complexity index is 421. The predicted molar refractivity (Wildman–Crippen MR) is 76.2 cm³/mol. The standard InChI is InChI=1S/C16H24N2O/c1-12-4-3-5-13(17-12)8-9-18-14-6-7-15(18)11-16(10-14)19-2/h3-5,14-16H,6-11H2,1-2H3/t14-,15+,16?. The monoisotopic (exact) mass is 260 g/mol. The second kappa shape index (κ2) is 5.59. The Morgan fingerprint density at radius 2 is 2.00 bits per heavy atom. The van der Waals surface area contributed by atoms with E-state index in [1.165, 1.54) is 31.4 Å². The third kappa shape index (κ3) is 2.82. The SMILES string of the molecule is COC1C[C@H]2CC[C@@H](C1)N2CCc1cccc(C)n1. The van der Waals surface area contributed by atoms with Gasteiger partial charge in [-0.05, 0) is 44.7 Å². The van der Waals surface area contributed by atoms with Crippen molar-refractivity contribution in [1.29, 1.82) is 0 Å². The lowest BCUT2D eigenvalue weighted by Crippen LogP contribution is -2.46. The Labute approximate surface area is 116 Å². The molecule has 19 heavy (non-hydrogen) atoms. The number of fused-ring (bicyclic) bond motifs is 2. The highest BCUT2D eigenvalue weighted by molar-refractivity contribution is 5.10. The molecule has 2 aliphatic rings. The number of pyridine rings is 1. The van der Waals surface area contributed by atoms with E-state index in [1.54, 1.807) is 0 Å². The van der Waals surface area contributed by atoms with E-state index in [2.05, 4.69) is 35.0 Å². The number of rotatable bonds is 4. The molecule has 1 aromatic rings. The van der Waals surface area contributed by atoms with Gasteiger partial charge < -0.3 is 4.74 Å². The molecule has 0 amide bonds. The summed E-state index contributed by atoms with van der Waals surface area (Å²) < 4.78 is 5.56. The first-order valence-corrected chi connectivity index (χ1v) is 7.47. The molecule has 2 fully saturated rings. The van der Waals surface area contributed by atoms with Gasteiger partial charge in [-0.15, -0.1) is 0 Å². The van der Waals surface area contributed by atoms with E-state index in [9.17, 15) is 0 Å². The molecule has 0 aromatic carbocycles. The van der Waals surface area contributed by atoms with E-state index in [4.69, 9.17) is 4.74 Å². The largest absolute Gasteiger partial charge is 0.381 e. The van der Waals surface area contributed by atoms with Gasteiger partial charge in [-0.1, -0.05) is 6.07 Å². The van der Waals surface area contributed by atoms with Crippen molar-refractivity contribution in [2.75, 3.05) is 13.7 Å². The Morgan fingerprint density at radius 3 is 2.63 bits per heavy atom. The topological polar surface area (TPSA) is 25.4 Å². The fourth-order valence-corrected chi connectivity index (χ4v) is 3.76. The van der Waals surface area contributed by atoms with Crippen LogP contribution in [0.5, 0.6) is 0 Å². The molecule has 2 saturated heterocycles. The number of methoxy groups -OCH3 is 1. The zero-order chi connectivity index (χ0) is 13.2. The molecule has 0 saturated carbocycles. The average molecular weight is 260 g/mol. The van der Waals surface area contributed by atoms with Crippen molar-refractivity contribution in [3.05, 3.63) is 29.6 Å². The minimum absolute atomic E-state index is 0.492. The second-order valence-electron chi connectivity index (χ2n) is 5.97. The number of nitrogens with zero attached hydrogens (tertiary/aromatic N) is 2. The Kier molecular flexibility index (Phi) is 3.85. The number of aryl methyl sites for hydroxylation is 1. The van der Waals surface area contributed by atoms with Gasteiger partial charge in [0.25, 0.3) is 0 Å². The van der Waals surface area contributed by atoms with E-state index in [-0.39, 0.29) is 0 Å². The van der Waals surface area contributed by atoms with Gasteiger partial charge in [-0.3, -0.25) is 9.88 Å². The summed E-state index contributed by atoms with van der Waals surface area (Å²) in [4.78, 5) is 7.32. The number of piperidine rings is 1. The number of hydrogen-bond donors (Lipinski definition) is 0. The average Bonchev–Trinajstić information content (AvgIpc) is 2.66. The van der Waals surface area contributed by atoms with E-state index in [0.717, 1.165) is 30.7 Å². The molecule has 1 aromatic heterocycles. The molecule has 3 atom stereocenters. The fourth-order valence-electron chi connectivity index (χ4n) is 3.76. The first kappa shape index (κ1) is 13.1. The van der Waals surface area contributed by atoms with E-state index in [1.807, 2.05) is 7.11 Å². The maximum Gasteiger partial charge on any atom is 0.0601 e. The Morgan fingerprint density at radius 1 is 1.26 bits per heavy atom. The molecule has 3 heteroatoms. The van der Waals surface area contributed by atoms with Crippen LogP contribution in [0.3, 0.4) is 0 Å². The highest BCUT2D eigenvalue weighted by Gasteiger charge is 2.40. The van der Waals surface area contributed by atoms with Crippen LogP contribution in [0.4, 0.5) is 0 Å². The third-order valence-corrected chi connectivity index (χ3v) is 4.75. The maximum absolute atomic E-state index is 5.56. The van der Waals surface area contributed by atoms with Gasteiger partial charge in [0.05, 0.1) is 6.10 Å². The van der Waals surface area contributed by atoms with Crippen LogP contribution in [-0.2, 0) is 11.2 Å². The lowest BCUT2D eigenvalue weighted by molar-refractivity contribution is 0.00631. The van der Waals surface area contributed by atoms with E-state index >= 15 is 0 Å². The second-order valence-corrected chi connectivity index (χ2v) is 5.97. The molecular formula is C16H24N2O. The lowest BCUT2D eigenvalue weighted by atomic mass is 9.99. The zero-order valence-corrected chi connectivity index (χ0v) is 12.0. The van der Waals surface area contributed by atoms with Crippen molar-refractivity contribution < 1.29 is 4.74 Å². The van der Waals surface area contributed by atoms with Crippen LogP contribution >= 0.6 is 0 Å². The summed E-state index contributed by atoms with van der Waals surface area (Å²) in [5.41, 5.74) is 2.35. The van der Waals surface area contributed by atoms with Gasteiger partial charge in [0.15, 0.2) is 0 Å². The van der Waals surface area contributed by atoms with Gasteiger partial charge in [0.1, 0.15) is 0 Å². The van der Waals surface area contributed by atoms with Crippen molar-refractivity contribution in [2.45, 2.75) is 57.2 Å². The minimum Gasteiger partial charge on any atom is -0.381 e. The Hall–Kier alpha value is -0.930. The van der Waals surface area contributed by atoms with Crippen molar-refractivity contribution in [1.82, 2.24) is 9.88 Å². The lowest BCUT2D eigenvalue weighted by Gasteiger charge is -2.38. The Balaban J connectivity index is 1.59. The summed E-state index contributed by atoms with van der Waals surface area (Å²) >= 11 is 0. The molecule has 104 valence electrons. The van der Waals surface area contributed by atoms with Crippen molar-refractivity contribution in [3.8, 4) is 0 Å². The quantitative estimate of drug-likeness (QED) is 0.832. The van der Waals surface area contributed by atoms with E-state index < -0.39 is 0 Å². The normalized spacial score (nSPS) is 30.7. The van der Waals surface area contributed by atoms with Gasteiger partial charge in [0, 0.05) is 43.5 Å². The summed E-state index contributed by atoms with van der Waals surface area (Å²) in [6.07, 6.45) is 6.71. The van der Waals surface area contributed by atoms with Crippen LogP contribution in [0.15, 0.2) is 18.2 Å². The number of hydrogen-bond acceptors (Lipinski definition) is 3. The summed E-state index contributed by atoms with van der Waals surface area (Å²) in [7, 11) is 1.86. The molecule has 0 radical (unpaired) electrons. The van der Waals surface area contributed by atoms with Crippen LogP contribution in [0.2, 0.25) is 0 Å². The summed E-state index contributed by atoms with van der Waals surface area (Å²) in [6, 6.07) is 7.82. The molecule has 0 spiro atoms. The molecular weight excluding hydrogens is 236 g/mol. The molecule has 1 unspecified atom stereocenters. The van der Waals surface area contributed by atoms with Crippen LogP contribution in [0.25, 0.3) is 0 Å². The highest BCUT2D eigenvalue weighted by atomic mass is 16.5. The molecule has 3 nitrogen and oxygen atoms in total. The summed E-state index contributed by atoms with van der Waals surface area (Å²) in [5, 5.41) is 0. The molecule has 0 N–H and O–H groups in total. The van der Waals surface area contributed by atoms with Gasteiger partial charge >= 0.3 is 0 Å². The van der Waals surface area contributed by atoms with Gasteiger partial charge in [0.2, 0.25) is 0 Å². The van der Waals surface area contributed by atoms with Crippen LogP contribution in [0, 0.1) is 6.92 Å². The van der Waals surface area contributed by atoms with Crippen LogP contribution in [0.1, 0.15) is 37.1 Å². The predicted octanol–water partition coefficient (Wildman–Crippen LogP) is 2.57. The van der Waals surface area contributed by atoms with Gasteiger partial charge in [-0.25, -0.2) is 0 Å². The highest BCUT2D eigenvalue weighted by Crippen LogP contribution is 2.36. The molecule has 0 aliphatic carbocycles. The van der Waals surface area contributed by atoms with Crippen molar-refractivity contribution >= 4 is 0 Å². The molecule has 2 aliphatic heterocycles. The number of ether oxygens (including phenoxy) is 1. The fraction of sp³-hybridized carbons (Fsp3) is 0.688. The van der Waals surface area contributed by atoms with Crippen LogP contribution in [-0.4, -0.2) is 41.7 Å². The summed E-state index contributed by atoms with van der Waals surface area (Å²) in [6.45, 7) is 3.22. The molecule has 3 heterocycles. The van der Waals surface area contributed by atoms with E-state index in [0.29, 0.717) is 6.10 Å². The molecule has 2 bridgehead atoms. The summed E-state index contributed by atoms with van der Waals surface area (Å²) in [5.74, 6) is 0. The smallest absolute Gasteiger partial charge is 0.0601 e. The number of aromatic nitrogens is 1. The van der Waals surface area contributed by atoms with Crippen LogP contribution < -0.4 is 0 Å². The maximum atomic E-state index is 5.56.